The molecule has 2 aromatic rings. The summed E-state index contributed by atoms with van der Waals surface area (Å²) in [6.07, 6.45) is 0.752. The zero-order valence-corrected chi connectivity index (χ0v) is 10.5. The molecule has 2 rings (SSSR count). The van der Waals surface area contributed by atoms with Gasteiger partial charge in [0.05, 0.1) is 5.56 Å². The van der Waals surface area contributed by atoms with E-state index in [1.165, 1.54) is 12.1 Å². The molecule has 1 N–H and O–H groups in total. The Kier molecular flexibility index (Phi) is 4.11. The Balaban J connectivity index is 2.10. The van der Waals surface area contributed by atoms with Crippen LogP contribution in [0, 0.1) is 5.82 Å². The molecule has 1 aromatic heterocycles. The summed E-state index contributed by atoms with van der Waals surface area (Å²) in [4.78, 5) is 10.4. The van der Waals surface area contributed by atoms with Gasteiger partial charge in [-0.05, 0) is 24.6 Å². The number of aliphatic carboxylic acids is 1. The van der Waals surface area contributed by atoms with E-state index in [0.29, 0.717) is 12.8 Å². The SMILES string of the molecule is O=C(O)CCCc1nnc(-c2ccc(Cl)cc2F)o1. The van der Waals surface area contributed by atoms with Crippen molar-refractivity contribution in [1.29, 1.82) is 0 Å². The summed E-state index contributed by atoms with van der Waals surface area (Å²) in [6, 6.07) is 4.13. The van der Waals surface area contributed by atoms with Gasteiger partial charge in [0, 0.05) is 17.9 Å². The van der Waals surface area contributed by atoms with Gasteiger partial charge in [0.2, 0.25) is 5.89 Å². The van der Waals surface area contributed by atoms with Crippen molar-refractivity contribution in [3.05, 3.63) is 34.9 Å². The lowest BCUT2D eigenvalue weighted by Gasteiger charge is -1.97. The van der Waals surface area contributed by atoms with Crippen LogP contribution in [-0.4, -0.2) is 21.3 Å². The Morgan fingerprint density at radius 3 is 2.89 bits per heavy atom. The number of halogens is 2. The Morgan fingerprint density at radius 2 is 2.21 bits per heavy atom. The van der Waals surface area contributed by atoms with Gasteiger partial charge in [0.25, 0.3) is 5.89 Å². The molecule has 0 aliphatic heterocycles. The Bertz CT molecular complexity index is 600. The van der Waals surface area contributed by atoms with Crippen LogP contribution in [0.15, 0.2) is 22.6 Å². The number of nitrogens with zero attached hydrogens (tertiary/aromatic N) is 2. The van der Waals surface area contributed by atoms with Gasteiger partial charge in [0.15, 0.2) is 0 Å². The van der Waals surface area contributed by atoms with Gasteiger partial charge in [-0.25, -0.2) is 4.39 Å². The first-order chi connectivity index (χ1) is 9.06. The minimum atomic E-state index is -0.886. The lowest BCUT2D eigenvalue weighted by Crippen LogP contribution is -1.95. The first kappa shape index (κ1) is 13.5. The molecule has 0 saturated carbocycles. The largest absolute Gasteiger partial charge is 0.481 e. The van der Waals surface area contributed by atoms with E-state index in [2.05, 4.69) is 10.2 Å². The zero-order valence-electron chi connectivity index (χ0n) is 9.77. The predicted molar refractivity (Wildman–Crippen MR) is 65.3 cm³/mol. The number of hydrogen-bond acceptors (Lipinski definition) is 4. The second-order valence-corrected chi connectivity index (χ2v) is 4.31. The number of carboxylic acids is 1. The minimum Gasteiger partial charge on any atom is -0.481 e. The standard InChI is InChI=1S/C12H10ClFN2O3/c13-7-4-5-8(9(14)6-7)12-16-15-10(19-12)2-1-3-11(17)18/h4-6H,1-3H2,(H,17,18). The molecule has 0 amide bonds. The molecule has 100 valence electrons. The lowest BCUT2D eigenvalue weighted by molar-refractivity contribution is -0.137. The van der Waals surface area contributed by atoms with E-state index in [1.54, 1.807) is 0 Å². The molecule has 0 aliphatic rings. The second kappa shape index (κ2) is 5.79. The molecule has 1 aromatic carbocycles. The van der Waals surface area contributed by atoms with Crippen molar-refractivity contribution in [2.75, 3.05) is 0 Å². The number of aromatic nitrogens is 2. The highest BCUT2D eigenvalue weighted by atomic mass is 35.5. The van der Waals surface area contributed by atoms with Crippen molar-refractivity contribution in [1.82, 2.24) is 10.2 Å². The maximum atomic E-state index is 13.6. The van der Waals surface area contributed by atoms with Crippen LogP contribution >= 0.6 is 11.6 Å². The lowest BCUT2D eigenvalue weighted by atomic mass is 10.2. The quantitative estimate of drug-likeness (QED) is 0.913. The predicted octanol–water partition coefficient (Wildman–Crippen LogP) is 2.94. The van der Waals surface area contributed by atoms with Crippen LogP contribution in [0.4, 0.5) is 4.39 Å². The fraction of sp³-hybridized carbons (Fsp3) is 0.250. The van der Waals surface area contributed by atoms with Crippen molar-refractivity contribution in [3.8, 4) is 11.5 Å². The molecule has 1 heterocycles. The first-order valence-electron chi connectivity index (χ1n) is 5.56. The fourth-order valence-electron chi connectivity index (χ4n) is 1.52. The second-order valence-electron chi connectivity index (χ2n) is 3.87. The van der Waals surface area contributed by atoms with Crippen molar-refractivity contribution >= 4 is 17.6 Å². The smallest absolute Gasteiger partial charge is 0.303 e. The summed E-state index contributed by atoms with van der Waals surface area (Å²) in [6.45, 7) is 0. The number of aryl methyl sites for hydroxylation is 1. The van der Waals surface area contributed by atoms with E-state index in [1.807, 2.05) is 0 Å². The molecular formula is C12H10ClFN2O3. The average molecular weight is 285 g/mol. The van der Waals surface area contributed by atoms with Crippen LogP contribution in [0.1, 0.15) is 18.7 Å². The van der Waals surface area contributed by atoms with E-state index in [9.17, 15) is 9.18 Å². The molecule has 0 unspecified atom stereocenters. The van der Waals surface area contributed by atoms with Gasteiger partial charge in [-0.3, -0.25) is 4.79 Å². The maximum Gasteiger partial charge on any atom is 0.303 e. The summed E-state index contributed by atoms with van der Waals surface area (Å²) in [5, 5.41) is 16.3. The number of carbonyl (C=O) groups is 1. The molecule has 7 heteroatoms. The molecule has 0 spiro atoms. The molecule has 0 saturated heterocycles. The molecule has 0 aliphatic carbocycles. The topological polar surface area (TPSA) is 76.2 Å². The highest BCUT2D eigenvalue weighted by Gasteiger charge is 2.13. The van der Waals surface area contributed by atoms with Crippen molar-refractivity contribution in [2.45, 2.75) is 19.3 Å². The summed E-state index contributed by atoms with van der Waals surface area (Å²) in [5.74, 6) is -1.10. The normalized spacial score (nSPS) is 10.6. The third-order valence-corrected chi connectivity index (χ3v) is 2.64. The van der Waals surface area contributed by atoms with Crippen LogP contribution in [0.25, 0.3) is 11.5 Å². The van der Waals surface area contributed by atoms with Gasteiger partial charge in [-0.1, -0.05) is 11.6 Å². The van der Waals surface area contributed by atoms with Crippen LogP contribution in [0.2, 0.25) is 5.02 Å². The van der Waals surface area contributed by atoms with E-state index in [0.717, 1.165) is 6.07 Å². The van der Waals surface area contributed by atoms with E-state index in [-0.39, 0.29) is 28.8 Å². The fourth-order valence-corrected chi connectivity index (χ4v) is 1.68. The number of hydrogen-bond donors (Lipinski definition) is 1. The van der Waals surface area contributed by atoms with E-state index in [4.69, 9.17) is 21.1 Å². The Morgan fingerprint density at radius 1 is 1.42 bits per heavy atom. The van der Waals surface area contributed by atoms with Crippen molar-refractivity contribution in [2.24, 2.45) is 0 Å². The number of carboxylic acid groups (broad SMARTS) is 1. The van der Waals surface area contributed by atoms with Crippen molar-refractivity contribution in [3.63, 3.8) is 0 Å². The molecule has 0 bridgehead atoms. The van der Waals surface area contributed by atoms with E-state index < -0.39 is 11.8 Å². The number of rotatable bonds is 5. The molecule has 5 nitrogen and oxygen atoms in total. The molecule has 0 fully saturated rings. The summed E-state index contributed by atoms with van der Waals surface area (Å²) < 4.78 is 18.9. The van der Waals surface area contributed by atoms with Crippen LogP contribution in [-0.2, 0) is 11.2 Å². The highest BCUT2D eigenvalue weighted by Crippen LogP contribution is 2.24. The molecule has 0 atom stereocenters. The third-order valence-electron chi connectivity index (χ3n) is 2.41. The maximum absolute atomic E-state index is 13.6. The van der Waals surface area contributed by atoms with Crippen LogP contribution < -0.4 is 0 Å². The van der Waals surface area contributed by atoms with Gasteiger partial charge >= 0.3 is 5.97 Å². The Hall–Kier alpha value is -1.95. The van der Waals surface area contributed by atoms with E-state index >= 15 is 0 Å². The monoisotopic (exact) mass is 284 g/mol. The molecule has 19 heavy (non-hydrogen) atoms. The van der Waals surface area contributed by atoms with Gasteiger partial charge in [0.1, 0.15) is 5.82 Å². The van der Waals surface area contributed by atoms with Gasteiger partial charge < -0.3 is 9.52 Å². The zero-order chi connectivity index (χ0) is 13.8. The molecule has 0 radical (unpaired) electrons. The van der Waals surface area contributed by atoms with Gasteiger partial charge in [-0.2, -0.15) is 0 Å². The number of benzene rings is 1. The summed E-state index contributed by atoms with van der Waals surface area (Å²) >= 11 is 5.65. The highest BCUT2D eigenvalue weighted by molar-refractivity contribution is 6.30. The van der Waals surface area contributed by atoms with Crippen molar-refractivity contribution < 1.29 is 18.7 Å². The van der Waals surface area contributed by atoms with Crippen LogP contribution in [0.5, 0.6) is 0 Å². The van der Waals surface area contributed by atoms with Crippen LogP contribution in [0.3, 0.4) is 0 Å². The minimum absolute atomic E-state index is 0.0209. The molecular weight excluding hydrogens is 275 g/mol. The summed E-state index contributed by atoms with van der Waals surface area (Å²) in [7, 11) is 0. The summed E-state index contributed by atoms with van der Waals surface area (Å²) in [5.41, 5.74) is 0.168. The van der Waals surface area contributed by atoms with Gasteiger partial charge in [-0.15, -0.1) is 10.2 Å². The third kappa shape index (κ3) is 3.51. The first-order valence-corrected chi connectivity index (χ1v) is 5.93. The Labute approximate surface area is 113 Å². The average Bonchev–Trinajstić information content (AvgIpc) is 2.77.